The Bertz CT molecular complexity index is 322. The summed E-state index contributed by atoms with van der Waals surface area (Å²) in [6.45, 7) is 2.10. The monoisotopic (exact) mass is 230 g/mol. The van der Waals surface area contributed by atoms with Gasteiger partial charge in [0.25, 0.3) is 0 Å². The van der Waals surface area contributed by atoms with Crippen LogP contribution in [0.2, 0.25) is 10.2 Å². The van der Waals surface area contributed by atoms with Gasteiger partial charge in [0.1, 0.15) is 5.15 Å². The molecule has 0 radical (unpaired) electrons. The first-order valence-electron chi connectivity index (χ1n) is 4.79. The molecule has 2 heterocycles. The first kappa shape index (κ1) is 10.2. The minimum absolute atomic E-state index is 0.461. The number of pyridine rings is 1. The normalized spacial score (nSPS) is 22.3. The number of piperidine rings is 1. The maximum atomic E-state index is 6.11. The highest BCUT2D eigenvalue weighted by atomic mass is 35.5. The lowest BCUT2D eigenvalue weighted by Gasteiger charge is -2.23. The second-order valence-electron chi connectivity index (χ2n) is 3.57. The van der Waals surface area contributed by atoms with Gasteiger partial charge in [0.15, 0.2) is 0 Å². The van der Waals surface area contributed by atoms with Gasteiger partial charge in [-0.25, -0.2) is 4.98 Å². The summed E-state index contributed by atoms with van der Waals surface area (Å²) >= 11 is 11.9. The molecule has 1 saturated heterocycles. The zero-order chi connectivity index (χ0) is 9.97. The molecule has 2 nitrogen and oxygen atoms in total. The summed E-state index contributed by atoms with van der Waals surface area (Å²) in [6.07, 6.45) is 4.17. The van der Waals surface area contributed by atoms with Gasteiger partial charge in [-0.15, -0.1) is 0 Å². The molecular weight excluding hydrogens is 219 g/mol. The molecule has 1 N–H and O–H groups in total. The van der Waals surface area contributed by atoms with E-state index in [4.69, 9.17) is 23.2 Å². The van der Waals surface area contributed by atoms with E-state index in [2.05, 4.69) is 10.3 Å². The number of halogens is 2. The van der Waals surface area contributed by atoms with Crippen LogP contribution in [0.25, 0.3) is 0 Å². The minimum Gasteiger partial charge on any atom is -0.316 e. The van der Waals surface area contributed by atoms with Crippen LogP contribution in [0.4, 0.5) is 0 Å². The molecule has 1 aromatic rings. The zero-order valence-corrected chi connectivity index (χ0v) is 9.28. The predicted molar refractivity (Wildman–Crippen MR) is 59.1 cm³/mol. The Hall–Kier alpha value is -0.310. The van der Waals surface area contributed by atoms with Gasteiger partial charge in [-0.1, -0.05) is 23.2 Å². The molecule has 0 aliphatic carbocycles. The second kappa shape index (κ2) is 4.47. The van der Waals surface area contributed by atoms with E-state index < -0.39 is 0 Å². The maximum absolute atomic E-state index is 6.11. The van der Waals surface area contributed by atoms with Gasteiger partial charge < -0.3 is 5.32 Å². The van der Waals surface area contributed by atoms with Crippen molar-refractivity contribution in [2.75, 3.05) is 13.1 Å². The Morgan fingerprint density at radius 3 is 2.93 bits per heavy atom. The van der Waals surface area contributed by atoms with Gasteiger partial charge >= 0.3 is 0 Å². The van der Waals surface area contributed by atoms with E-state index in [-0.39, 0.29) is 0 Å². The Labute approximate surface area is 93.6 Å². The molecule has 1 unspecified atom stereocenters. The van der Waals surface area contributed by atoms with Crippen molar-refractivity contribution in [2.45, 2.75) is 18.8 Å². The third-order valence-corrected chi connectivity index (χ3v) is 3.12. The molecule has 1 fully saturated rings. The van der Waals surface area contributed by atoms with Crippen molar-refractivity contribution in [1.82, 2.24) is 10.3 Å². The van der Waals surface area contributed by atoms with Crippen LogP contribution in [0.1, 0.15) is 24.3 Å². The van der Waals surface area contributed by atoms with Crippen LogP contribution in [-0.4, -0.2) is 18.1 Å². The molecule has 1 atom stereocenters. The van der Waals surface area contributed by atoms with E-state index in [0.717, 1.165) is 23.7 Å². The quantitative estimate of drug-likeness (QED) is 0.751. The van der Waals surface area contributed by atoms with Gasteiger partial charge in [-0.05, 0) is 36.9 Å². The Balaban J connectivity index is 2.22. The molecule has 14 heavy (non-hydrogen) atoms. The average Bonchev–Trinajstić information content (AvgIpc) is 2.19. The third-order valence-electron chi connectivity index (χ3n) is 2.59. The minimum atomic E-state index is 0.461. The third kappa shape index (κ3) is 2.19. The van der Waals surface area contributed by atoms with Crippen molar-refractivity contribution in [3.63, 3.8) is 0 Å². The fourth-order valence-electron chi connectivity index (χ4n) is 1.84. The molecule has 0 aromatic carbocycles. The molecule has 4 heteroatoms. The largest absolute Gasteiger partial charge is 0.316 e. The van der Waals surface area contributed by atoms with E-state index in [0.29, 0.717) is 11.1 Å². The summed E-state index contributed by atoms with van der Waals surface area (Å²) in [7, 11) is 0. The van der Waals surface area contributed by atoms with Crippen LogP contribution in [0.15, 0.2) is 12.3 Å². The first-order valence-corrected chi connectivity index (χ1v) is 5.54. The fraction of sp³-hybridized carbons (Fsp3) is 0.500. The number of nitrogens with zero attached hydrogens (tertiary/aromatic N) is 1. The van der Waals surface area contributed by atoms with Crippen LogP contribution in [0, 0.1) is 0 Å². The van der Waals surface area contributed by atoms with Crippen molar-refractivity contribution >= 4 is 23.2 Å². The van der Waals surface area contributed by atoms with Crippen LogP contribution < -0.4 is 5.32 Å². The average molecular weight is 231 g/mol. The summed E-state index contributed by atoms with van der Waals surface area (Å²) in [5.41, 5.74) is 1.11. The van der Waals surface area contributed by atoms with Gasteiger partial charge in [0.05, 0.1) is 0 Å². The van der Waals surface area contributed by atoms with Gasteiger partial charge in [0.2, 0.25) is 0 Å². The molecule has 76 valence electrons. The molecule has 0 saturated carbocycles. The number of aromatic nitrogens is 1. The summed E-state index contributed by atoms with van der Waals surface area (Å²) in [5, 5.41) is 4.55. The van der Waals surface area contributed by atoms with E-state index >= 15 is 0 Å². The number of hydrogen-bond acceptors (Lipinski definition) is 2. The van der Waals surface area contributed by atoms with Crippen LogP contribution in [0.3, 0.4) is 0 Å². The fourth-order valence-corrected chi connectivity index (χ4v) is 2.36. The Morgan fingerprint density at radius 1 is 1.43 bits per heavy atom. The lowest BCUT2D eigenvalue weighted by atomic mass is 9.93. The Kier molecular flexibility index (Phi) is 3.26. The van der Waals surface area contributed by atoms with E-state index in [1.54, 1.807) is 12.3 Å². The summed E-state index contributed by atoms with van der Waals surface area (Å²) in [6, 6.07) is 1.72. The predicted octanol–water partition coefficient (Wildman–Crippen LogP) is 2.86. The van der Waals surface area contributed by atoms with Crippen LogP contribution in [-0.2, 0) is 0 Å². The summed E-state index contributed by atoms with van der Waals surface area (Å²) in [5.74, 6) is 0.487. The molecule has 1 aliphatic heterocycles. The van der Waals surface area contributed by atoms with Crippen molar-refractivity contribution in [3.8, 4) is 0 Å². The van der Waals surface area contributed by atoms with Crippen molar-refractivity contribution in [3.05, 3.63) is 28.0 Å². The number of rotatable bonds is 1. The van der Waals surface area contributed by atoms with Crippen molar-refractivity contribution in [2.24, 2.45) is 0 Å². The maximum Gasteiger partial charge on any atom is 0.130 e. The number of nitrogens with one attached hydrogen (secondary N) is 1. The molecule has 1 aliphatic rings. The SMILES string of the molecule is Clc1cc(Cl)c(C2CCCNC2)cn1. The van der Waals surface area contributed by atoms with Crippen LogP contribution in [0.5, 0.6) is 0 Å². The molecule has 0 bridgehead atoms. The first-order chi connectivity index (χ1) is 6.77. The molecule has 2 rings (SSSR count). The zero-order valence-electron chi connectivity index (χ0n) is 7.76. The van der Waals surface area contributed by atoms with Crippen molar-refractivity contribution < 1.29 is 0 Å². The highest BCUT2D eigenvalue weighted by molar-refractivity contribution is 6.34. The smallest absolute Gasteiger partial charge is 0.130 e. The van der Waals surface area contributed by atoms with Gasteiger partial charge in [-0.3, -0.25) is 0 Å². The molecule has 0 spiro atoms. The summed E-state index contributed by atoms with van der Waals surface area (Å²) in [4.78, 5) is 4.07. The standard InChI is InChI=1S/C10H12Cl2N2/c11-9-4-10(12)14-6-8(9)7-2-1-3-13-5-7/h4,6-7,13H,1-3,5H2. The second-order valence-corrected chi connectivity index (χ2v) is 4.37. The van der Waals surface area contributed by atoms with Gasteiger partial charge in [-0.2, -0.15) is 0 Å². The molecular formula is C10H12Cl2N2. The van der Waals surface area contributed by atoms with Gasteiger partial charge in [0, 0.05) is 17.8 Å². The lowest BCUT2D eigenvalue weighted by Crippen LogP contribution is -2.28. The Morgan fingerprint density at radius 2 is 2.29 bits per heavy atom. The van der Waals surface area contributed by atoms with Crippen LogP contribution >= 0.6 is 23.2 Å². The lowest BCUT2D eigenvalue weighted by molar-refractivity contribution is 0.461. The summed E-state index contributed by atoms with van der Waals surface area (Å²) < 4.78 is 0. The highest BCUT2D eigenvalue weighted by Crippen LogP contribution is 2.29. The van der Waals surface area contributed by atoms with E-state index in [1.807, 2.05) is 0 Å². The number of hydrogen-bond donors (Lipinski definition) is 1. The van der Waals surface area contributed by atoms with Crippen molar-refractivity contribution in [1.29, 1.82) is 0 Å². The highest BCUT2D eigenvalue weighted by Gasteiger charge is 2.17. The molecule has 0 amide bonds. The topological polar surface area (TPSA) is 24.9 Å². The van der Waals surface area contributed by atoms with E-state index in [1.165, 1.54) is 12.8 Å². The van der Waals surface area contributed by atoms with E-state index in [9.17, 15) is 0 Å². The molecule has 1 aromatic heterocycles.